The quantitative estimate of drug-likeness (QED) is 0.608. The Bertz CT molecular complexity index is 1070. The van der Waals surface area contributed by atoms with Crippen molar-refractivity contribution in [1.29, 1.82) is 5.26 Å². The fourth-order valence-corrected chi connectivity index (χ4v) is 2.95. The number of nitrogens with one attached hydrogen (secondary N) is 1. The standard InChI is InChI=1S/C18H13N5O/c1-10-15(11(2)24-23-10)16-17(12-5-7-20-8-6-12)22-14-4-3-13(9-19)21-18(14)16/h3-8,22H,1-2H3. The number of pyridine rings is 2. The molecule has 6 heteroatoms. The molecule has 0 fully saturated rings. The highest BCUT2D eigenvalue weighted by atomic mass is 16.5. The summed E-state index contributed by atoms with van der Waals surface area (Å²) in [5.74, 6) is 0.716. The molecular weight excluding hydrogens is 302 g/mol. The van der Waals surface area contributed by atoms with Gasteiger partial charge in [0.15, 0.2) is 0 Å². The molecule has 0 bridgehead atoms. The van der Waals surface area contributed by atoms with Crippen molar-refractivity contribution in [1.82, 2.24) is 20.1 Å². The van der Waals surface area contributed by atoms with Crippen molar-refractivity contribution in [2.24, 2.45) is 0 Å². The van der Waals surface area contributed by atoms with Gasteiger partial charge in [0.1, 0.15) is 17.5 Å². The smallest absolute Gasteiger partial charge is 0.141 e. The van der Waals surface area contributed by atoms with Crippen LogP contribution in [0.5, 0.6) is 0 Å². The number of aryl methyl sites for hydroxylation is 2. The fraction of sp³-hybridized carbons (Fsp3) is 0.111. The summed E-state index contributed by atoms with van der Waals surface area (Å²) in [5, 5.41) is 13.3. The summed E-state index contributed by atoms with van der Waals surface area (Å²) >= 11 is 0. The maximum Gasteiger partial charge on any atom is 0.141 e. The Morgan fingerprint density at radius 2 is 1.88 bits per heavy atom. The van der Waals surface area contributed by atoms with Gasteiger partial charge >= 0.3 is 0 Å². The van der Waals surface area contributed by atoms with Crippen LogP contribution in [0, 0.1) is 25.2 Å². The molecule has 116 valence electrons. The number of aromatic nitrogens is 4. The van der Waals surface area contributed by atoms with E-state index in [1.54, 1.807) is 18.5 Å². The molecule has 4 heterocycles. The molecule has 24 heavy (non-hydrogen) atoms. The Balaban J connectivity index is 2.13. The van der Waals surface area contributed by atoms with E-state index in [1.807, 2.05) is 32.0 Å². The van der Waals surface area contributed by atoms with E-state index in [9.17, 15) is 5.26 Å². The van der Waals surface area contributed by atoms with E-state index in [1.165, 1.54) is 0 Å². The maximum absolute atomic E-state index is 9.19. The summed E-state index contributed by atoms with van der Waals surface area (Å²) in [6.07, 6.45) is 3.48. The summed E-state index contributed by atoms with van der Waals surface area (Å²) < 4.78 is 5.35. The minimum absolute atomic E-state index is 0.371. The summed E-state index contributed by atoms with van der Waals surface area (Å²) in [5.41, 5.74) is 6.43. The van der Waals surface area contributed by atoms with E-state index in [0.717, 1.165) is 39.1 Å². The molecule has 0 saturated heterocycles. The van der Waals surface area contributed by atoms with Crippen LogP contribution in [0.15, 0.2) is 41.2 Å². The van der Waals surface area contributed by atoms with E-state index in [-0.39, 0.29) is 0 Å². The van der Waals surface area contributed by atoms with Gasteiger partial charge in [-0.3, -0.25) is 4.98 Å². The molecule has 0 atom stereocenters. The number of fused-ring (bicyclic) bond motifs is 1. The molecule has 0 saturated carbocycles. The molecular formula is C18H13N5O. The summed E-state index contributed by atoms with van der Waals surface area (Å²) in [4.78, 5) is 12.0. The van der Waals surface area contributed by atoms with E-state index in [4.69, 9.17) is 4.52 Å². The van der Waals surface area contributed by atoms with Gasteiger partial charge in [-0.15, -0.1) is 0 Å². The van der Waals surface area contributed by atoms with Crippen LogP contribution in [-0.4, -0.2) is 20.1 Å². The average Bonchev–Trinajstić information content (AvgIpc) is 3.14. The van der Waals surface area contributed by atoms with Crippen molar-refractivity contribution in [3.05, 3.63) is 53.8 Å². The topological polar surface area (TPSA) is 91.4 Å². The molecule has 0 aliphatic rings. The average molecular weight is 315 g/mol. The molecule has 0 aliphatic carbocycles. The second-order valence-electron chi connectivity index (χ2n) is 5.51. The lowest BCUT2D eigenvalue weighted by Gasteiger charge is -2.04. The lowest BCUT2D eigenvalue weighted by atomic mass is 9.99. The largest absolute Gasteiger partial charge is 0.361 e. The van der Waals surface area contributed by atoms with Gasteiger partial charge in [0.25, 0.3) is 0 Å². The number of hydrogen-bond acceptors (Lipinski definition) is 5. The maximum atomic E-state index is 9.19. The minimum atomic E-state index is 0.371. The van der Waals surface area contributed by atoms with E-state index in [0.29, 0.717) is 11.5 Å². The molecule has 0 amide bonds. The highest BCUT2D eigenvalue weighted by molar-refractivity contribution is 6.02. The third kappa shape index (κ3) is 2.07. The van der Waals surface area contributed by atoms with Crippen LogP contribution in [-0.2, 0) is 0 Å². The van der Waals surface area contributed by atoms with Gasteiger partial charge < -0.3 is 9.51 Å². The van der Waals surface area contributed by atoms with Crippen molar-refractivity contribution < 1.29 is 4.52 Å². The molecule has 0 radical (unpaired) electrons. The van der Waals surface area contributed by atoms with E-state index < -0.39 is 0 Å². The SMILES string of the molecule is Cc1noc(C)c1-c1c(-c2ccncc2)[nH]c2ccc(C#N)nc12. The van der Waals surface area contributed by atoms with Crippen LogP contribution in [0.25, 0.3) is 33.4 Å². The van der Waals surface area contributed by atoms with Gasteiger partial charge in [0.2, 0.25) is 0 Å². The van der Waals surface area contributed by atoms with Gasteiger partial charge in [-0.25, -0.2) is 4.98 Å². The molecule has 4 aromatic heterocycles. The number of H-pyrrole nitrogens is 1. The van der Waals surface area contributed by atoms with E-state index >= 15 is 0 Å². The van der Waals surface area contributed by atoms with E-state index in [2.05, 4.69) is 26.2 Å². The Morgan fingerprint density at radius 1 is 1.08 bits per heavy atom. The summed E-state index contributed by atoms with van der Waals surface area (Å²) in [7, 11) is 0. The normalized spacial score (nSPS) is 10.9. The van der Waals surface area contributed by atoms with Gasteiger partial charge in [-0.2, -0.15) is 5.26 Å². The molecule has 4 rings (SSSR count). The summed E-state index contributed by atoms with van der Waals surface area (Å²) in [6, 6.07) is 9.52. The first-order chi connectivity index (χ1) is 11.7. The molecule has 4 aromatic rings. The van der Waals surface area contributed by atoms with Crippen LogP contribution >= 0.6 is 0 Å². The number of nitrogens with zero attached hydrogens (tertiary/aromatic N) is 4. The first-order valence-corrected chi connectivity index (χ1v) is 7.45. The number of nitriles is 1. The van der Waals surface area contributed by atoms with Crippen molar-refractivity contribution in [3.63, 3.8) is 0 Å². The van der Waals surface area contributed by atoms with Gasteiger partial charge in [0.05, 0.1) is 28.0 Å². The van der Waals surface area contributed by atoms with Gasteiger partial charge in [0, 0.05) is 23.5 Å². The molecule has 0 spiro atoms. The minimum Gasteiger partial charge on any atom is -0.361 e. The molecule has 6 nitrogen and oxygen atoms in total. The Kier molecular flexibility index (Phi) is 3.14. The summed E-state index contributed by atoms with van der Waals surface area (Å²) in [6.45, 7) is 3.77. The van der Waals surface area contributed by atoms with Crippen molar-refractivity contribution >= 4 is 11.0 Å². The second kappa shape index (κ2) is 5.32. The van der Waals surface area contributed by atoms with Crippen molar-refractivity contribution in [3.8, 4) is 28.5 Å². The highest BCUT2D eigenvalue weighted by Crippen LogP contribution is 2.40. The number of aromatic amines is 1. The monoisotopic (exact) mass is 315 g/mol. The number of hydrogen-bond donors (Lipinski definition) is 1. The molecule has 0 aromatic carbocycles. The third-order valence-electron chi connectivity index (χ3n) is 4.01. The van der Waals surface area contributed by atoms with Crippen LogP contribution < -0.4 is 0 Å². The Labute approximate surface area is 137 Å². The Hall–Kier alpha value is -3.46. The lowest BCUT2D eigenvalue weighted by molar-refractivity contribution is 0.393. The first-order valence-electron chi connectivity index (χ1n) is 7.45. The van der Waals surface area contributed by atoms with Gasteiger partial charge in [-0.05, 0) is 38.1 Å². The van der Waals surface area contributed by atoms with Crippen LogP contribution in [0.1, 0.15) is 17.1 Å². The third-order valence-corrected chi connectivity index (χ3v) is 4.01. The zero-order valence-electron chi connectivity index (χ0n) is 13.2. The molecule has 0 aliphatic heterocycles. The van der Waals surface area contributed by atoms with Crippen molar-refractivity contribution in [2.45, 2.75) is 13.8 Å². The second-order valence-corrected chi connectivity index (χ2v) is 5.51. The Morgan fingerprint density at radius 3 is 2.54 bits per heavy atom. The number of rotatable bonds is 2. The van der Waals surface area contributed by atoms with Crippen LogP contribution in [0.4, 0.5) is 0 Å². The molecule has 1 N–H and O–H groups in total. The van der Waals surface area contributed by atoms with Gasteiger partial charge in [-0.1, -0.05) is 5.16 Å². The first kappa shape index (κ1) is 14.2. The van der Waals surface area contributed by atoms with Crippen molar-refractivity contribution in [2.75, 3.05) is 0 Å². The van der Waals surface area contributed by atoms with Crippen LogP contribution in [0.3, 0.4) is 0 Å². The fourth-order valence-electron chi connectivity index (χ4n) is 2.95. The predicted molar refractivity (Wildman–Crippen MR) is 89.0 cm³/mol. The van der Waals surface area contributed by atoms with Crippen LogP contribution in [0.2, 0.25) is 0 Å². The lowest BCUT2D eigenvalue weighted by Crippen LogP contribution is -1.88. The molecule has 0 unspecified atom stereocenters. The predicted octanol–water partition coefficient (Wildman–Crippen LogP) is 3.77. The zero-order valence-corrected chi connectivity index (χ0v) is 13.2. The highest BCUT2D eigenvalue weighted by Gasteiger charge is 2.22. The zero-order chi connectivity index (χ0) is 16.7.